The third-order valence-corrected chi connectivity index (χ3v) is 5.13. The maximum atomic E-state index is 13.5. The van der Waals surface area contributed by atoms with Crippen molar-refractivity contribution in [1.29, 1.82) is 0 Å². The average Bonchev–Trinajstić information content (AvgIpc) is 3.09. The van der Waals surface area contributed by atoms with E-state index in [2.05, 4.69) is 4.98 Å². The van der Waals surface area contributed by atoms with Crippen LogP contribution in [0.2, 0.25) is 0 Å². The summed E-state index contributed by atoms with van der Waals surface area (Å²) in [5.41, 5.74) is 2.94. The smallest absolute Gasteiger partial charge is 0.271 e. The third-order valence-electron chi connectivity index (χ3n) is 4.17. The molecular weight excluding hydrogens is 351 g/mol. The van der Waals surface area contributed by atoms with Gasteiger partial charge in [0.1, 0.15) is 16.3 Å². The molecule has 0 spiro atoms. The first-order chi connectivity index (χ1) is 12.7. The second kappa shape index (κ2) is 6.72. The zero-order chi connectivity index (χ0) is 18.1. The first-order valence-electron chi connectivity index (χ1n) is 8.01. The predicted molar refractivity (Wildman–Crippen MR) is 101 cm³/mol. The van der Waals surface area contributed by atoms with Crippen LogP contribution < -0.4 is 10.3 Å². The van der Waals surface area contributed by atoms with E-state index in [0.29, 0.717) is 22.3 Å². The van der Waals surface area contributed by atoms with E-state index in [1.54, 1.807) is 24.1 Å². The highest BCUT2D eigenvalue weighted by Crippen LogP contribution is 2.31. The fourth-order valence-electron chi connectivity index (χ4n) is 2.88. The lowest BCUT2D eigenvalue weighted by Crippen LogP contribution is -2.20. The Hall–Kier alpha value is -2.99. The van der Waals surface area contributed by atoms with Crippen LogP contribution in [0.4, 0.5) is 4.39 Å². The summed E-state index contributed by atoms with van der Waals surface area (Å²) in [5, 5.41) is 1.85. The molecule has 0 atom stereocenters. The fraction of sp³-hybridized carbons (Fsp3) is 0.100. The van der Waals surface area contributed by atoms with Gasteiger partial charge < -0.3 is 4.74 Å². The summed E-state index contributed by atoms with van der Waals surface area (Å²) in [6, 6.07) is 13.9. The van der Waals surface area contributed by atoms with Crippen molar-refractivity contribution in [2.45, 2.75) is 6.54 Å². The molecule has 2 aromatic heterocycles. The molecule has 0 amide bonds. The van der Waals surface area contributed by atoms with E-state index in [9.17, 15) is 9.18 Å². The number of fused-ring (bicyclic) bond motifs is 1. The number of rotatable bonds is 4. The summed E-state index contributed by atoms with van der Waals surface area (Å²) in [6.07, 6.45) is 1.54. The maximum Gasteiger partial charge on any atom is 0.271 e. The Morgan fingerprint density at radius 2 is 2.04 bits per heavy atom. The van der Waals surface area contributed by atoms with Crippen LogP contribution in [-0.2, 0) is 6.54 Å². The Kier molecular flexibility index (Phi) is 4.26. The van der Waals surface area contributed by atoms with Gasteiger partial charge in [-0.3, -0.25) is 9.36 Å². The molecule has 0 aliphatic rings. The summed E-state index contributed by atoms with van der Waals surface area (Å²) >= 11 is 1.33. The molecule has 0 radical (unpaired) electrons. The van der Waals surface area contributed by atoms with Crippen LogP contribution >= 0.6 is 11.3 Å². The molecule has 0 fully saturated rings. The van der Waals surface area contributed by atoms with Crippen LogP contribution in [0.3, 0.4) is 0 Å². The first kappa shape index (κ1) is 16.5. The van der Waals surface area contributed by atoms with Gasteiger partial charge in [-0.1, -0.05) is 24.3 Å². The van der Waals surface area contributed by atoms with Crippen molar-refractivity contribution >= 4 is 21.6 Å². The fourth-order valence-corrected chi connectivity index (χ4v) is 3.86. The number of nitrogens with zero attached hydrogens (tertiary/aromatic N) is 2. The number of hydrogen-bond donors (Lipinski definition) is 0. The zero-order valence-corrected chi connectivity index (χ0v) is 14.8. The van der Waals surface area contributed by atoms with Crippen LogP contribution in [0, 0.1) is 5.82 Å². The lowest BCUT2D eigenvalue weighted by molar-refractivity contribution is 0.414. The average molecular weight is 366 g/mol. The van der Waals surface area contributed by atoms with E-state index in [1.165, 1.54) is 23.5 Å². The van der Waals surface area contributed by atoms with Crippen molar-refractivity contribution in [1.82, 2.24) is 9.55 Å². The van der Waals surface area contributed by atoms with Crippen molar-refractivity contribution < 1.29 is 9.13 Å². The summed E-state index contributed by atoms with van der Waals surface area (Å²) < 4.78 is 20.9. The van der Waals surface area contributed by atoms with Gasteiger partial charge in [0.2, 0.25) is 0 Å². The molecule has 26 heavy (non-hydrogen) atoms. The second-order valence-electron chi connectivity index (χ2n) is 5.87. The number of thiophene rings is 1. The highest BCUT2D eigenvalue weighted by molar-refractivity contribution is 7.17. The number of aromatic nitrogens is 2. The molecule has 0 saturated carbocycles. The minimum Gasteiger partial charge on any atom is -0.497 e. The van der Waals surface area contributed by atoms with Gasteiger partial charge >= 0.3 is 0 Å². The van der Waals surface area contributed by atoms with E-state index in [0.717, 1.165) is 16.9 Å². The van der Waals surface area contributed by atoms with Crippen LogP contribution in [0.15, 0.2) is 65.0 Å². The minimum atomic E-state index is -0.312. The van der Waals surface area contributed by atoms with Crippen molar-refractivity contribution in [2.75, 3.05) is 7.11 Å². The van der Waals surface area contributed by atoms with Crippen LogP contribution in [-0.4, -0.2) is 16.7 Å². The van der Waals surface area contributed by atoms with E-state index < -0.39 is 0 Å². The number of benzene rings is 2. The van der Waals surface area contributed by atoms with Gasteiger partial charge in [0, 0.05) is 10.9 Å². The molecule has 0 N–H and O–H groups in total. The minimum absolute atomic E-state index is 0.106. The summed E-state index contributed by atoms with van der Waals surface area (Å²) in [4.78, 5) is 17.3. The lowest BCUT2D eigenvalue weighted by atomic mass is 10.1. The van der Waals surface area contributed by atoms with E-state index in [-0.39, 0.29) is 11.4 Å². The monoisotopic (exact) mass is 366 g/mol. The lowest BCUT2D eigenvalue weighted by Gasteiger charge is -2.07. The summed E-state index contributed by atoms with van der Waals surface area (Å²) in [5.74, 6) is 0.433. The van der Waals surface area contributed by atoms with Gasteiger partial charge in [-0.25, -0.2) is 9.37 Å². The van der Waals surface area contributed by atoms with Gasteiger partial charge in [0.25, 0.3) is 5.56 Å². The van der Waals surface area contributed by atoms with Crippen LogP contribution in [0.1, 0.15) is 5.56 Å². The topological polar surface area (TPSA) is 44.1 Å². The van der Waals surface area contributed by atoms with Gasteiger partial charge in [-0.15, -0.1) is 11.3 Å². The second-order valence-corrected chi connectivity index (χ2v) is 6.75. The highest BCUT2D eigenvalue weighted by atomic mass is 32.1. The molecule has 0 unspecified atom stereocenters. The van der Waals surface area contributed by atoms with Crippen molar-refractivity contribution in [3.8, 4) is 16.9 Å². The Labute approximate surface area is 153 Å². The molecular formula is C20H15FN2O2S. The SMILES string of the molecule is COc1cccc(Cn2cnc3c(-c4cccc(F)c4)csc3c2=O)c1. The Morgan fingerprint density at radius 1 is 1.19 bits per heavy atom. The van der Waals surface area contributed by atoms with Crippen molar-refractivity contribution in [3.63, 3.8) is 0 Å². The van der Waals surface area contributed by atoms with E-state index >= 15 is 0 Å². The van der Waals surface area contributed by atoms with E-state index in [4.69, 9.17) is 4.74 Å². The molecule has 0 bridgehead atoms. The van der Waals surface area contributed by atoms with E-state index in [1.807, 2.05) is 35.7 Å². The number of ether oxygens (including phenoxy) is 1. The molecule has 0 aliphatic carbocycles. The number of hydrogen-bond acceptors (Lipinski definition) is 4. The Bertz CT molecular complexity index is 1150. The molecule has 4 aromatic rings. The standard InChI is InChI=1S/C20H15FN2O2S/c1-25-16-7-2-4-13(8-16)10-23-12-22-18-17(11-26-19(18)20(23)24)14-5-3-6-15(21)9-14/h2-9,11-12H,10H2,1H3. The molecule has 0 saturated heterocycles. The maximum absolute atomic E-state index is 13.5. The Morgan fingerprint density at radius 3 is 2.85 bits per heavy atom. The van der Waals surface area contributed by atoms with Crippen LogP contribution in [0.25, 0.3) is 21.3 Å². The first-order valence-corrected chi connectivity index (χ1v) is 8.89. The van der Waals surface area contributed by atoms with Crippen LogP contribution in [0.5, 0.6) is 5.75 Å². The molecule has 2 heterocycles. The molecule has 6 heteroatoms. The number of halogens is 1. The third kappa shape index (κ3) is 2.99. The molecule has 2 aromatic carbocycles. The summed E-state index contributed by atoms with van der Waals surface area (Å²) in [7, 11) is 1.61. The molecule has 4 nitrogen and oxygen atoms in total. The quantitative estimate of drug-likeness (QED) is 0.540. The van der Waals surface area contributed by atoms with Gasteiger partial charge in [0.15, 0.2) is 0 Å². The molecule has 130 valence electrons. The highest BCUT2D eigenvalue weighted by Gasteiger charge is 2.13. The molecule has 0 aliphatic heterocycles. The van der Waals surface area contributed by atoms with Crippen molar-refractivity contribution in [3.05, 3.63) is 82.0 Å². The normalized spacial score (nSPS) is 11.0. The largest absolute Gasteiger partial charge is 0.497 e. The Balaban J connectivity index is 1.75. The number of methoxy groups -OCH3 is 1. The summed E-state index contributed by atoms with van der Waals surface area (Å²) in [6.45, 7) is 0.409. The zero-order valence-electron chi connectivity index (χ0n) is 14.0. The van der Waals surface area contributed by atoms with Gasteiger partial charge in [-0.05, 0) is 35.4 Å². The molecule has 4 rings (SSSR count). The van der Waals surface area contributed by atoms with Gasteiger partial charge in [-0.2, -0.15) is 0 Å². The van der Waals surface area contributed by atoms with Crippen molar-refractivity contribution in [2.24, 2.45) is 0 Å². The van der Waals surface area contributed by atoms with Gasteiger partial charge in [0.05, 0.1) is 25.5 Å². The predicted octanol–water partition coefficient (Wildman–Crippen LogP) is 4.32.